The lowest BCUT2D eigenvalue weighted by Crippen LogP contribution is -2.61. The van der Waals surface area contributed by atoms with E-state index in [4.69, 9.17) is 10.2 Å². The average Bonchev–Trinajstić information content (AvgIpc) is 3.53. The number of phenols is 1. The van der Waals surface area contributed by atoms with Crippen LogP contribution in [-0.4, -0.2) is 58.7 Å². The lowest BCUT2D eigenvalue weighted by atomic mass is 9.75. The number of anilines is 1. The highest BCUT2D eigenvalue weighted by Crippen LogP contribution is 2.41. The van der Waals surface area contributed by atoms with Gasteiger partial charge in [-0.2, -0.15) is 5.26 Å². The highest BCUT2D eigenvalue weighted by Gasteiger charge is 2.45. The third-order valence-electron chi connectivity index (χ3n) is 7.30. The fraction of sp³-hybridized carbons (Fsp3) is 0.500. The van der Waals surface area contributed by atoms with Gasteiger partial charge in [-0.15, -0.1) is 15.3 Å². The molecule has 2 saturated heterocycles. The van der Waals surface area contributed by atoms with Gasteiger partial charge < -0.3 is 15.3 Å². The molecular weight excluding hydrogens is 430 g/mol. The van der Waals surface area contributed by atoms with Gasteiger partial charge in [0.05, 0.1) is 11.9 Å². The van der Waals surface area contributed by atoms with Crippen molar-refractivity contribution >= 4 is 5.95 Å². The van der Waals surface area contributed by atoms with Crippen LogP contribution in [0, 0.1) is 11.3 Å². The quantitative estimate of drug-likeness (QED) is 0.594. The summed E-state index contributed by atoms with van der Waals surface area (Å²) in [5.41, 5.74) is 1.84. The van der Waals surface area contributed by atoms with E-state index in [1.165, 1.54) is 43.1 Å². The van der Waals surface area contributed by atoms with Crippen LogP contribution in [0.1, 0.15) is 57.7 Å². The van der Waals surface area contributed by atoms with Crippen LogP contribution in [0.2, 0.25) is 0 Å². The van der Waals surface area contributed by atoms with Crippen LogP contribution in [-0.2, 0) is 0 Å². The largest absolute Gasteiger partial charge is 0.507 e. The summed E-state index contributed by atoms with van der Waals surface area (Å²) in [6.45, 7) is 2.35. The molecule has 10 heteroatoms. The second kappa shape index (κ2) is 8.02. The normalized spacial score (nSPS) is 26.1. The summed E-state index contributed by atoms with van der Waals surface area (Å²) in [4.78, 5) is 11.0. The minimum atomic E-state index is 0.0357. The molecule has 1 aromatic carbocycles. The Morgan fingerprint density at radius 3 is 2.76 bits per heavy atom. The number of nitrogens with zero attached hydrogens (tertiary/aromatic N) is 8. The Morgan fingerprint density at radius 2 is 2.09 bits per heavy atom. The van der Waals surface area contributed by atoms with Gasteiger partial charge in [0.1, 0.15) is 23.8 Å². The molecule has 3 aromatic rings. The number of nitriles is 1. The fourth-order valence-corrected chi connectivity index (χ4v) is 5.66. The molecule has 34 heavy (non-hydrogen) atoms. The topological polar surface area (TPSA) is 129 Å². The van der Waals surface area contributed by atoms with Crippen molar-refractivity contribution in [2.45, 2.75) is 75.5 Å². The Kier molecular flexibility index (Phi) is 4.95. The molecule has 0 radical (unpaired) electrons. The van der Waals surface area contributed by atoms with E-state index in [-0.39, 0.29) is 17.1 Å². The van der Waals surface area contributed by atoms with Crippen molar-refractivity contribution in [3.8, 4) is 28.8 Å². The Balaban J connectivity index is 1.25. The Bertz CT molecular complexity index is 1250. The first-order valence-corrected chi connectivity index (χ1v) is 11.9. The van der Waals surface area contributed by atoms with Crippen LogP contribution >= 0.6 is 0 Å². The van der Waals surface area contributed by atoms with E-state index in [2.05, 4.69) is 37.4 Å². The standard InChI is InChI=1S/C24H27N9O/c1-24-8-2-3-15(28-24)9-18(11-24)33(16-4-5-16)23-26-13-20(29-30-23)19-7-6-17(10-21(19)34)32-14-27-22(12-25)31-32/h6-7,10,13-16,18,28,34H,2-5,8-9,11H2,1H3/t15-,18+,24-/m0/s1. The van der Waals surface area contributed by atoms with Crippen LogP contribution in [0.25, 0.3) is 16.9 Å². The SMILES string of the molecule is C[C@]12CCC[C@@H](C[C@@H](N(c3ncc(-c4ccc(-n5cnc(C#N)n5)cc4O)nn3)C3CC3)C1)N2. The number of fused-ring (bicyclic) bond motifs is 2. The van der Waals surface area contributed by atoms with Crippen molar-refractivity contribution in [1.82, 2.24) is 35.3 Å². The van der Waals surface area contributed by atoms with E-state index < -0.39 is 0 Å². The maximum absolute atomic E-state index is 10.6. The molecule has 3 aliphatic rings. The van der Waals surface area contributed by atoms with Crippen molar-refractivity contribution < 1.29 is 5.11 Å². The van der Waals surface area contributed by atoms with Gasteiger partial charge in [0.25, 0.3) is 5.82 Å². The Labute approximate surface area is 197 Å². The summed E-state index contributed by atoms with van der Waals surface area (Å²) in [5.74, 6) is 0.789. The van der Waals surface area contributed by atoms with Gasteiger partial charge in [-0.25, -0.2) is 14.6 Å². The highest BCUT2D eigenvalue weighted by atomic mass is 16.3. The van der Waals surface area contributed by atoms with Crippen molar-refractivity contribution in [2.75, 3.05) is 4.90 Å². The third-order valence-corrected chi connectivity index (χ3v) is 7.30. The Hall–Kier alpha value is -3.58. The van der Waals surface area contributed by atoms with Gasteiger partial charge in [-0.05, 0) is 57.6 Å². The number of aromatic nitrogens is 6. The molecule has 1 saturated carbocycles. The van der Waals surface area contributed by atoms with Gasteiger partial charge in [0, 0.05) is 35.3 Å². The van der Waals surface area contributed by atoms with E-state index in [0.29, 0.717) is 41.0 Å². The van der Waals surface area contributed by atoms with Crippen LogP contribution in [0.4, 0.5) is 5.95 Å². The summed E-state index contributed by atoms with van der Waals surface area (Å²) in [6, 6.07) is 8.47. The van der Waals surface area contributed by atoms with E-state index in [1.54, 1.807) is 24.4 Å². The smallest absolute Gasteiger partial charge is 0.252 e. The van der Waals surface area contributed by atoms with Crippen LogP contribution in [0.15, 0.2) is 30.7 Å². The molecule has 0 spiro atoms. The molecule has 1 aliphatic carbocycles. The number of hydrogen-bond donors (Lipinski definition) is 2. The van der Waals surface area contributed by atoms with E-state index >= 15 is 0 Å². The van der Waals surface area contributed by atoms with E-state index in [9.17, 15) is 5.11 Å². The molecule has 6 rings (SSSR count). The summed E-state index contributed by atoms with van der Waals surface area (Å²) < 4.78 is 1.44. The number of nitrogens with one attached hydrogen (secondary N) is 1. The minimum absolute atomic E-state index is 0.0357. The van der Waals surface area contributed by atoms with Crippen LogP contribution < -0.4 is 10.2 Å². The second-order valence-corrected chi connectivity index (χ2v) is 10.00. The lowest BCUT2D eigenvalue weighted by Gasteiger charge is -2.50. The summed E-state index contributed by atoms with van der Waals surface area (Å²) in [5, 5.41) is 36.4. The maximum Gasteiger partial charge on any atom is 0.252 e. The number of rotatable bonds is 5. The van der Waals surface area contributed by atoms with E-state index in [0.717, 1.165) is 12.8 Å². The first-order valence-electron chi connectivity index (χ1n) is 11.9. The third kappa shape index (κ3) is 3.86. The molecule has 2 aliphatic heterocycles. The monoisotopic (exact) mass is 457 g/mol. The minimum Gasteiger partial charge on any atom is -0.507 e. The molecule has 0 amide bonds. The molecular formula is C24H27N9O. The molecule has 4 heterocycles. The predicted molar refractivity (Wildman–Crippen MR) is 124 cm³/mol. The zero-order valence-corrected chi connectivity index (χ0v) is 19.1. The summed E-state index contributed by atoms with van der Waals surface area (Å²) in [7, 11) is 0. The number of aromatic hydroxyl groups is 1. The van der Waals surface area contributed by atoms with Crippen LogP contribution in [0.5, 0.6) is 5.75 Å². The molecule has 174 valence electrons. The number of piperidine rings is 2. The lowest BCUT2D eigenvalue weighted by molar-refractivity contribution is 0.138. The molecule has 3 fully saturated rings. The maximum atomic E-state index is 10.6. The van der Waals surface area contributed by atoms with Gasteiger partial charge in [-0.1, -0.05) is 6.42 Å². The number of benzene rings is 1. The van der Waals surface area contributed by atoms with Gasteiger partial charge in [0.15, 0.2) is 0 Å². The average molecular weight is 458 g/mol. The first kappa shape index (κ1) is 21.0. The zero-order valence-electron chi connectivity index (χ0n) is 19.1. The van der Waals surface area contributed by atoms with Gasteiger partial charge in [-0.3, -0.25) is 0 Å². The molecule has 2 aromatic heterocycles. The first-order chi connectivity index (χ1) is 16.5. The van der Waals surface area contributed by atoms with Crippen molar-refractivity contribution in [1.29, 1.82) is 5.26 Å². The van der Waals surface area contributed by atoms with Crippen molar-refractivity contribution in [2.24, 2.45) is 0 Å². The molecule has 0 unspecified atom stereocenters. The second-order valence-electron chi connectivity index (χ2n) is 10.00. The molecule has 3 atom stereocenters. The van der Waals surface area contributed by atoms with Gasteiger partial charge in [0.2, 0.25) is 5.95 Å². The van der Waals surface area contributed by atoms with Crippen LogP contribution in [0.3, 0.4) is 0 Å². The van der Waals surface area contributed by atoms with Crippen molar-refractivity contribution in [3.63, 3.8) is 0 Å². The molecule has 10 nitrogen and oxygen atoms in total. The Morgan fingerprint density at radius 1 is 1.21 bits per heavy atom. The van der Waals surface area contributed by atoms with E-state index in [1.807, 2.05) is 6.07 Å². The molecule has 2 N–H and O–H groups in total. The number of phenolic OH excluding ortho intramolecular Hbond substituents is 1. The zero-order chi connectivity index (χ0) is 23.3. The summed E-state index contributed by atoms with van der Waals surface area (Å²) in [6.07, 6.45) is 11.5. The van der Waals surface area contributed by atoms with Gasteiger partial charge >= 0.3 is 0 Å². The molecule has 2 bridgehead atoms. The highest BCUT2D eigenvalue weighted by molar-refractivity contribution is 5.68. The fourth-order valence-electron chi connectivity index (χ4n) is 5.66. The number of hydrogen-bond acceptors (Lipinski definition) is 9. The summed E-state index contributed by atoms with van der Waals surface area (Å²) >= 11 is 0. The van der Waals surface area contributed by atoms with Crippen molar-refractivity contribution in [3.05, 3.63) is 36.5 Å². The predicted octanol–water partition coefficient (Wildman–Crippen LogP) is 2.73.